The van der Waals surface area contributed by atoms with E-state index < -0.39 is 0 Å². The molecular weight excluding hydrogens is 406 g/mol. The third kappa shape index (κ3) is 4.11. The lowest BCUT2D eigenvalue weighted by Crippen LogP contribution is -2.37. The molecule has 2 aliphatic heterocycles. The molecule has 7 heteroatoms. The summed E-state index contributed by atoms with van der Waals surface area (Å²) in [6.45, 7) is 4.83. The lowest BCUT2D eigenvalue weighted by atomic mass is 10.2. The number of benzene rings is 1. The SMILES string of the molecule is Brc1ccc([C@H](CCN2CCOCC2)Oc2cccc3c2OCO3)s1. The Morgan fingerprint density at radius 1 is 1.16 bits per heavy atom. The van der Waals surface area contributed by atoms with Crippen LogP contribution in [0.25, 0.3) is 0 Å². The highest BCUT2D eigenvalue weighted by Gasteiger charge is 2.24. The van der Waals surface area contributed by atoms with Crippen LogP contribution < -0.4 is 14.2 Å². The molecular formula is C18H20BrNO4S. The van der Waals surface area contributed by atoms with Crippen molar-refractivity contribution in [1.29, 1.82) is 0 Å². The van der Waals surface area contributed by atoms with Crippen molar-refractivity contribution in [3.8, 4) is 17.2 Å². The van der Waals surface area contributed by atoms with Gasteiger partial charge in [0.05, 0.1) is 17.0 Å². The van der Waals surface area contributed by atoms with Gasteiger partial charge in [-0.2, -0.15) is 0 Å². The monoisotopic (exact) mass is 425 g/mol. The van der Waals surface area contributed by atoms with Crippen molar-refractivity contribution in [3.63, 3.8) is 0 Å². The number of hydrogen-bond acceptors (Lipinski definition) is 6. The van der Waals surface area contributed by atoms with Gasteiger partial charge in [-0.1, -0.05) is 6.07 Å². The molecule has 3 heterocycles. The number of halogens is 1. The molecule has 1 fully saturated rings. The van der Waals surface area contributed by atoms with Crippen LogP contribution in [0.5, 0.6) is 17.2 Å². The highest BCUT2D eigenvalue weighted by Crippen LogP contribution is 2.43. The second-order valence-corrected chi connectivity index (χ2v) is 8.48. The molecule has 2 aromatic rings. The van der Waals surface area contributed by atoms with Crippen LogP contribution in [-0.4, -0.2) is 44.5 Å². The minimum atomic E-state index is -0.0187. The van der Waals surface area contributed by atoms with Gasteiger partial charge in [0.2, 0.25) is 12.5 Å². The number of ether oxygens (including phenoxy) is 4. The molecule has 1 aromatic carbocycles. The maximum Gasteiger partial charge on any atom is 0.231 e. The Morgan fingerprint density at radius 3 is 2.84 bits per heavy atom. The Balaban J connectivity index is 1.50. The minimum Gasteiger partial charge on any atom is -0.481 e. The van der Waals surface area contributed by atoms with Crippen LogP contribution in [0.1, 0.15) is 17.4 Å². The van der Waals surface area contributed by atoms with E-state index in [9.17, 15) is 0 Å². The Hall–Kier alpha value is -1.28. The van der Waals surface area contributed by atoms with E-state index in [1.807, 2.05) is 18.2 Å². The van der Waals surface area contributed by atoms with Gasteiger partial charge in [0.1, 0.15) is 6.10 Å². The quantitative estimate of drug-likeness (QED) is 0.696. The molecule has 2 aliphatic rings. The van der Waals surface area contributed by atoms with E-state index in [1.54, 1.807) is 11.3 Å². The summed E-state index contributed by atoms with van der Waals surface area (Å²) in [5.41, 5.74) is 0. The highest BCUT2D eigenvalue weighted by molar-refractivity contribution is 9.11. The maximum atomic E-state index is 6.37. The molecule has 0 unspecified atom stereocenters. The maximum absolute atomic E-state index is 6.37. The van der Waals surface area contributed by atoms with Crippen molar-refractivity contribution < 1.29 is 18.9 Å². The largest absolute Gasteiger partial charge is 0.481 e. The van der Waals surface area contributed by atoms with E-state index in [2.05, 4.69) is 33.0 Å². The fourth-order valence-electron chi connectivity index (χ4n) is 3.03. The first-order valence-electron chi connectivity index (χ1n) is 8.40. The predicted octanol–water partition coefficient (Wildman–Crippen LogP) is 4.08. The molecule has 0 saturated carbocycles. The van der Waals surface area contributed by atoms with Gasteiger partial charge in [0, 0.05) is 30.9 Å². The summed E-state index contributed by atoms with van der Waals surface area (Å²) in [6, 6.07) is 9.98. The van der Waals surface area contributed by atoms with E-state index in [4.69, 9.17) is 18.9 Å². The van der Waals surface area contributed by atoms with Crippen LogP contribution in [0.3, 0.4) is 0 Å². The van der Waals surface area contributed by atoms with Crippen LogP contribution in [-0.2, 0) is 4.74 Å². The molecule has 0 N–H and O–H groups in total. The molecule has 0 bridgehead atoms. The van der Waals surface area contributed by atoms with Crippen molar-refractivity contribution in [3.05, 3.63) is 39.0 Å². The summed E-state index contributed by atoms with van der Waals surface area (Å²) >= 11 is 5.27. The van der Waals surface area contributed by atoms with Gasteiger partial charge in [-0.3, -0.25) is 4.90 Å². The Morgan fingerprint density at radius 2 is 2.04 bits per heavy atom. The molecule has 25 heavy (non-hydrogen) atoms. The first-order chi connectivity index (χ1) is 12.3. The summed E-state index contributed by atoms with van der Waals surface area (Å²) < 4.78 is 24.0. The smallest absolute Gasteiger partial charge is 0.231 e. The van der Waals surface area contributed by atoms with Gasteiger partial charge in [0.25, 0.3) is 0 Å². The molecule has 5 nitrogen and oxygen atoms in total. The second kappa shape index (κ2) is 7.95. The summed E-state index contributed by atoms with van der Waals surface area (Å²) in [5, 5.41) is 0. The zero-order valence-electron chi connectivity index (χ0n) is 13.8. The lowest BCUT2D eigenvalue weighted by molar-refractivity contribution is 0.0317. The van der Waals surface area contributed by atoms with E-state index in [0.717, 1.165) is 54.6 Å². The van der Waals surface area contributed by atoms with Crippen molar-refractivity contribution in [2.75, 3.05) is 39.6 Å². The summed E-state index contributed by atoms with van der Waals surface area (Å²) in [4.78, 5) is 3.63. The van der Waals surface area contributed by atoms with Crippen LogP contribution in [0.2, 0.25) is 0 Å². The van der Waals surface area contributed by atoms with E-state index in [-0.39, 0.29) is 12.9 Å². The van der Waals surface area contributed by atoms with Gasteiger partial charge in [-0.15, -0.1) is 11.3 Å². The molecule has 1 atom stereocenters. The number of thiophene rings is 1. The Labute approximate surface area is 159 Å². The molecule has 0 spiro atoms. The fourth-order valence-corrected chi connectivity index (χ4v) is 4.52. The van der Waals surface area contributed by atoms with Crippen molar-refractivity contribution >= 4 is 27.3 Å². The van der Waals surface area contributed by atoms with Gasteiger partial charge in [-0.25, -0.2) is 0 Å². The molecule has 134 valence electrons. The van der Waals surface area contributed by atoms with Gasteiger partial charge < -0.3 is 18.9 Å². The molecule has 4 rings (SSSR count). The summed E-state index contributed by atoms with van der Waals surface area (Å²) in [5.74, 6) is 2.19. The second-order valence-electron chi connectivity index (χ2n) is 5.98. The van der Waals surface area contributed by atoms with Crippen molar-refractivity contribution in [2.24, 2.45) is 0 Å². The van der Waals surface area contributed by atoms with Crippen molar-refractivity contribution in [1.82, 2.24) is 4.90 Å². The van der Waals surface area contributed by atoms with E-state index >= 15 is 0 Å². The summed E-state index contributed by atoms with van der Waals surface area (Å²) in [7, 11) is 0. The molecule has 1 saturated heterocycles. The number of hydrogen-bond donors (Lipinski definition) is 0. The Kier molecular flexibility index (Phi) is 5.45. The third-order valence-corrected chi connectivity index (χ3v) is 6.07. The van der Waals surface area contributed by atoms with E-state index in [1.165, 1.54) is 4.88 Å². The minimum absolute atomic E-state index is 0.0187. The third-order valence-electron chi connectivity index (χ3n) is 4.35. The fraction of sp³-hybridized carbons (Fsp3) is 0.444. The lowest BCUT2D eigenvalue weighted by Gasteiger charge is -2.28. The normalized spacial score (nSPS) is 18.3. The van der Waals surface area contributed by atoms with Crippen LogP contribution in [0.4, 0.5) is 0 Å². The van der Waals surface area contributed by atoms with Gasteiger partial charge in [0.15, 0.2) is 11.5 Å². The van der Waals surface area contributed by atoms with Crippen molar-refractivity contribution in [2.45, 2.75) is 12.5 Å². The first-order valence-corrected chi connectivity index (χ1v) is 10.0. The van der Waals surface area contributed by atoms with Crippen LogP contribution in [0.15, 0.2) is 34.1 Å². The van der Waals surface area contributed by atoms with E-state index in [0.29, 0.717) is 5.75 Å². The van der Waals surface area contributed by atoms with Gasteiger partial charge in [-0.05, 0) is 40.2 Å². The zero-order chi connectivity index (χ0) is 17.1. The number of para-hydroxylation sites is 1. The first kappa shape index (κ1) is 17.1. The number of nitrogens with zero attached hydrogens (tertiary/aromatic N) is 1. The number of rotatable bonds is 6. The highest BCUT2D eigenvalue weighted by atomic mass is 79.9. The molecule has 0 amide bonds. The average molecular weight is 426 g/mol. The topological polar surface area (TPSA) is 40.2 Å². The number of fused-ring (bicyclic) bond motifs is 1. The van der Waals surface area contributed by atoms with Gasteiger partial charge >= 0.3 is 0 Å². The predicted molar refractivity (Wildman–Crippen MR) is 99.8 cm³/mol. The molecule has 0 aliphatic carbocycles. The standard InChI is InChI=1S/C18H20BrNO4S/c19-17-5-4-16(25-17)13(6-7-20-8-10-21-11-9-20)24-15-3-1-2-14-18(15)23-12-22-14/h1-5,13H,6-12H2/t13-/m0/s1. The zero-order valence-corrected chi connectivity index (χ0v) is 16.2. The average Bonchev–Trinajstić information content (AvgIpc) is 3.28. The summed E-state index contributed by atoms with van der Waals surface area (Å²) in [6.07, 6.45) is 0.896. The molecule has 1 aromatic heterocycles. The number of morpholine rings is 1. The molecule has 0 radical (unpaired) electrons. The van der Waals surface area contributed by atoms with Crippen LogP contribution >= 0.6 is 27.3 Å². The van der Waals surface area contributed by atoms with Crippen LogP contribution in [0, 0.1) is 0 Å². The Bertz CT molecular complexity index is 717.